The number of fused-ring (bicyclic) bond motifs is 1. The van der Waals surface area contributed by atoms with Crippen LogP contribution >= 0.6 is 12.2 Å². The summed E-state index contributed by atoms with van der Waals surface area (Å²) in [5, 5.41) is 5.68. The predicted octanol–water partition coefficient (Wildman–Crippen LogP) is 2.35. The first-order valence-corrected chi connectivity index (χ1v) is 7.80. The van der Waals surface area contributed by atoms with Crippen LogP contribution in [0.1, 0.15) is 0 Å². The number of rotatable bonds is 4. The number of anilines is 1. The number of thiocarbonyl (C=S) groups is 1. The van der Waals surface area contributed by atoms with Crippen LogP contribution in [0.2, 0.25) is 0 Å². The number of hydrogen-bond acceptors (Lipinski definition) is 5. The number of carbonyl (C=O) groups is 1. The van der Waals surface area contributed by atoms with Crippen LogP contribution in [0, 0.1) is 0 Å². The van der Waals surface area contributed by atoms with Gasteiger partial charge in [0.05, 0.1) is 0 Å². The molecule has 0 bridgehead atoms. The number of carbonyl (C=O) groups excluding carboxylic acids is 1. The lowest BCUT2D eigenvalue weighted by Gasteiger charge is -2.19. The lowest BCUT2D eigenvalue weighted by molar-refractivity contribution is -0.121. The van der Waals surface area contributed by atoms with E-state index >= 15 is 0 Å². The molecule has 1 amide bonds. The largest absolute Gasteiger partial charge is 0.486 e. The molecule has 2 N–H and O–H groups in total. The van der Waals surface area contributed by atoms with Gasteiger partial charge in [0.1, 0.15) is 19.0 Å². The highest BCUT2D eigenvalue weighted by Gasteiger charge is 2.12. The van der Waals surface area contributed by atoms with E-state index in [0.29, 0.717) is 36.1 Å². The third-order valence-corrected chi connectivity index (χ3v) is 3.37. The van der Waals surface area contributed by atoms with E-state index in [1.165, 1.54) is 0 Å². The summed E-state index contributed by atoms with van der Waals surface area (Å²) in [5.74, 6) is 1.62. The summed E-state index contributed by atoms with van der Waals surface area (Å²) in [6.45, 7) is 0.928. The predicted molar refractivity (Wildman–Crippen MR) is 93.7 cm³/mol. The first-order valence-electron chi connectivity index (χ1n) is 7.39. The molecule has 0 unspecified atom stereocenters. The number of para-hydroxylation sites is 1. The number of benzene rings is 2. The van der Waals surface area contributed by atoms with Crippen molar-refractivity contribution >= 4 is 28.9 Å². The molecule has 3 rings (SSSR count). The molecule has 2 aromatic rings. The Morgan fingerprint density at radius 2 is 1.83 bits per heavy atom. The second-order valence-corrected chi connectivity index (χ2v) is 5.37. The number of amides is 1. The quantitative estimate of drug-likeness (QED) is 0.830. The molecule has 24 heavy (non-hydrogen) atoms. The topological polar surface area (TPSA) is 68.8 Å². The van der Waals surface area contributed by atoms with Crippen LogP contribution in [-0.4, -0.2) is 30.8 Å². The third kappa shape index (κ3) is 4.36. The highest BCUT2D eigenvalue weighted by atomic mass is 32.1. The lowest BCUT2D eigenvalue weighted by atomic mass is 10.2. The van der Waals surface area contributed by atoms with Crippen LogP contribution in [-0.2, 0) is 4.79 Å². The van der Waals surface area contributed by atoms with E-state index in [9.17, 15) is 4.79 Å². The monoisotopic (exact) mass is 344 g/mol. The molecule has 1 aliphatic heterocycles. The normalized spacial score (nSPS) is 12.2. The Morgan fingerprint density at radius 3 is 2.62 bits per heavy atom. The summed E-state index contributed by atoms with van der Waals surface area (Å²) in [5.41, 5.74) is 0.702. The first kappa shape index (κ1) is 16.1. The van der Waals surface area contributed by atoms with Crippen molar-refractivity contribution in [1.82, 2.24) is 5.32 Å². The average Bonchev–Trinajstić information content (AvgIpc) is 2.60. The average molecular weight is 344 g/mol. The fourth-order valence-electron chi connectivity index (χ4n) is 2.11. The van der Waals surface area contributed by atoms with Gasteiger partial charge in [-0.15, -0.1) is 0 Å². The molecule has 0 saturated carbocycles. The lowest BCUT2D eigenvalue weighted by Crippen LogP contribution is -2.37. The SMILES string of the molecule is O=C(COc1ccccc1)NC(=S)Nc1ccc2c(c1)OCCO2. The highest BCUT2D eigenvalue weighted by molar-refractivity contribution is 7.80. The van der Waals surface area contributed by atoms with E-state index in [2.05, 4.69) is 10.6 Å². The van der Waals surface area contributed by atoms with Crippen LogP contribution in [0.3, 0.4) is 0 Å². The Morgan fingerprint density at radius 1 is 1.08 bits per heavy atom. The van der Waals surface area contributed by atoms with Gasteiger partial charge in [0.15, 0.2) is 23.2 Å². The zero-order valence-electron chi connectivity index (χ0n) is 12.8. The van der Waals surface area contributed by atoms with Gasteiger partial charge in [-0.05, 0) is 36.5 Å². The molecule has 0 aromatic heterocycles. The molecule has 0 fully saturated rings. The summed E-state index contributed by atoms with van der Waals surface area (Å²) in [7, 11) is 0. The van der Waals surface area contributed by atoms with Crippen molar-refractivity contribution in [3.8, 4) is 17.2 Å². The minimum Gasteiger partial charge on any atom is -0.486 e. The third-order valence-electron chi connectivity index (χ3n) is 3.17. The van der Waals surface area contributed by atoms with Crippen molar-refractivity contribution in [2.75, 3.05) is 25.1 Å². The van der Waals surface area contributed by atoms with Gasteiger partial charge in [-0.3, -0.25) is 10.1 Å². The minimum atomic E-state index is -0.339. The number of nitrogens with one attached hydrogen (secondary N) is 2. The van der Waals surface area contributed by atoms with Crippen molar-refractivity contribution in [3.63, 3.8) is 0 Å². The van der Waals surface area contributed by atoms with Crippen molar-refractivity contribution in [2.24, 2.45) is 0 Å². The Kier molecular flexibility index (Phi) is 5.12. The first-order chi connectivity index (χ1) is 11.7. The van der Waals surface area contributed by atoms with Crippen molar-refractivity contribution in [1.29, 1.82) is 0 Å². The molecule has 2 aromatic carbocycles. The van der Waals surface area contributed by atoms with Gasteiger partial charge in [-0.25, -0.2) is 0 Å². The Bertz CT molecular complexity index is 737. The van der Waals surface area contributed by atoms with Gasteiger partial charge in [0.25, 0.3) is 5.91 Å². The molecule has 7 heteroatoms. The zero-order valence-corrected chi connectivity index (χ0v) is 13.6. The van der Waals surface area contributed by atoms with E-state index in [-0.39, 0.29) is 17.6 Å². The second-order valence-electron chi connectivity index (χ2n) is 4.96. The van der Waals surface area contributed by atoms with Crippen LogP contribution in [0.5, 0.6) is 17.2 Å². The van der Waals surface area contributed by atoms with E-state index < -0.39 is 0 Å². The molecule has 0 aliphatic carbocycles. The van der Waals surface area contributed by atoms with Crippen LogP contribution in [0.15, 0.2) is 48.5 Å². The summed E-state index contributed by atoms with van der Waals surface area (Å²) < 4.78 is 16.3. The molecule has 124 valence electrons. The molecule has 0 radical (unpaired) electrons. The van der Waals surface area contributed by atoms with E-state index in [1.807, 2.05) is 18.2 Å². The maximum absolute atomic E-state index is 11.8. The fraction of sp³-hybridized carbons (Fsp3) is 0.176. The maximum Gasteiger partial charge on any atom is 0.264 e. The fourth-order valence-corrected chi connectivity index (χ4v) is 2.34. The Labute approximate surface area is 144 Å². The van der Waals surface area contributed by atoms with Gasteiger partial charge in [0, 0.05) is 11.8 Å². The summed E-state index contributed by atoms with van der Waals surface area (Å²) in [6, 6.07) is 14.5. The second kappa shape index (κ2) is 7.65. The molecule has 6 nitrogen and oxygen atoms in total. The minimum absolute atomic E-state index is 0.118. The van der Waals surface area contributed by atoms with Gasteiger partial charge in [-0.1, -0.05) is 18.2 Å². The highest BCUT2D eigenvalue weighted by Crippen LogP contribution is 2.32. The molecule has 0 saturated heterocycles. The van der Waals surface area contributed by atoms with E-state index in [4.69, 9.17) is 26.4 Å². The molecule has 0 spiro atoms. The van der Waals surface area contributed by atoms with Gasteiger partial charge >= 0.3 is 0 Å². The van der Waals surface area contributed by atoms with E-state index in [0.717, 1.165) is 0 Å². The maximum atomic E-state index is 11.8. The standard InChI is InChI=1S/C17H16N2O4S/c20-16(11-23-13-4-2-1-3-5-13)19-17(24)18-12-6-7-14-15(10-12)22-9-8-21-14/h1-7,10H,8-9,11H2,(H2,18,19,20,24). The van der Waals surface area contributed by atoms with Crippen LogP contribution in [0.4, 0.5) is 5.69 Å². The van der Waals surface area contributed by atoms with Crippen LogP contribution < -0.4 is 24.8 Å². The van der Waals surface area contributed by atoms with Crippen LogP contribution in [0.25, 0.3) is 0 Å². The number of ether oxygens (including phenoxy) is 3. The molecule has 0 atom stereocenters. The van der Waals surface area contributed by atoms with Crippen molar-refractivity contribution in [2.45, 2.75) is 0 Å². The molecular weight excluding hydrogens is 328 g/mol. The van der Waals surface area contributed by atoms with Crippen molar-refractivity contribution < 1.29 is 19.0 Å². The number of hydrogen-bond donors (Lipinski definition) is 2. The summed E-state index contributed by atoms with van der Waals surface area (Å²) in [6.07, 6.45) is 0. The zero-order chi connectivity index (χ0) is 16.8. The van der Waals surface area contributed by atoms with E-state index in [1.54, 1.807) is 30.3 Å². The van der Waals surface area contributed by atoms with Gasteiger partial charge in [0.2, 0.25) is 0 Å². The van der Waals surface area contributed by atoms with Gasteiger partial charge < -0.3 is 19.5 Å². The Balaban J connectivity index is 1.49. The summed E-state index contributed by atoms with van der Waals surface area (Å²) in [4.78, 5) is 11.8. The Hall–Kier alpha value is -2.80. The molecule has 1 heterocycles. The molecular formula is C17H16N2O4S. The van der Waals surface area contributed by atoms with Crippen molar-refractivity contribution in [3.05, 3.63) is 48.5 Å². The molecule has 1 aliphatic rings. The van der Waals surface area contributed by atoms with Gasteiger partial charge in [-0.2, -0.15) is 0 Å². The summed E-state index contributed by atoms with van der Waals surface area (Å²) >= 11 is 5.13. The smallest absolute Gasteiger partial charge is 0.264 e.